The van der Waals surface area contributed by atoms with Crippen LogP contribution >= 0.6 is 0 Å². The number of nitrogens with zero attached hydrogens (tertiary/aromatic N) is 2. The SMILES string of the molecule is CCN(CC)S(=O)(=O)c1cccc(C(=O)N(C)Cc2ccccc2)c1. The lowest BCUT2D eigenvalue weighted by atomic mass is 10.1. The lowest BCUT2D eigenvalue weighted by Crippen LogP contribution is -2.31. The van der Waals surface area contributed by atoms with Crippen molar-refractivity contribution in [2.45, 2.75) is 25.3 Å². The van der Waals surface area contributed by atoms with E-state index in [0.717, 1.165) is 5.56 Å². The Balaban J connectivity index is 2.24. The van der Waals surface area contributed by atoms with Crippen LogP contribution in [0.5, 0.6) is 0 Å². The van der Waals surface area contributed by atoms with Crippen LogP contribution in [0.15, 0.2) is 59.5 Å². The quantitative estimate of drug-likeness (QED) is 0.763. The summed E-state index contributed by atoms with van der Waals surface area (Å²) in [5, 5.41) is 0. The first-order chi connectivity index (χ1) is 11.9. The van der Waals surface area contributed by atoms with E-state index in [1.165, 1.54) is 16.4 Å². The fourth-order valence-electron chi connectivity index (χ4n) is 2.65. The predicted molar refractivity (Wildman–Crippen MR) is 98.8 cm³/mol. The number of rotatable bonds is 7. The molecule has 0 radical (unpaired) electrons. The van der Waals surface area contributed by atoms with Gasteiger partial charge in [-0.05, 0) is 23.8 Å². The van der Waals surface area contributed by atoms with Crippen LogP contribution in [0.4, 0.5) is 0 Å². The van der Waals surface area contributed by atoms with Gasteiger partial charge in [-0.1, -0.05) is 50.2 Å². The topological polar surface area (TPSA) is 57.7 Å². The molecule has 0 N–H and O–H groups in total. The molecule has 0 unspecified atom stereocenters. The first-order valence-electron chi connectivity index (χ1n) is 8.29. The van der Waals surface area contributed by atoms with E-state index in [1.807, 2.05) is 30.3 Å². The van der Waals surface area contributed by atoms with Crippen molar-refractivity contribution < 1.29 is 13.2 Å². The summed E-state index contributed by atoms with van der Waals surface area (Å²) < 4.78 is 26.6. The Morgan fingerprint density at radius 2 is 1.60 bits per heavy atom. The van der Waals surface area contributed by atoms with Crippen molar-refractivity contribution in [1.29, 1.82) is 0 Å². The van der Waals surface area contributed by atoms with Gasteiger partial charge in [-0.2, -0.15) is 4.31 Å². The zero-order chi connectivity index (χ0) is 18.4. The normalized spacial score (nSPS) is 11.5. The molecule has 0 fully saturated rings. The fourth-order valence-corrected chi connectivity index (χ4v) is 4.16. The zero-order valence-corrected chi connectivity index (χ0v) is 15.7. The van der Waals surface area contributed by atoms with E-state index >= 15 is 0 Å². The van der Waals surface area contributed by atoms with Crippen LogP contribution in [0.25, 0.3) is 0 Å². The molecular formula is C19H24N2O3S. The largest absolute Gasteiger partial charge is 0.337 e. The van der Waals surface area contributed by atoms with Gasteiger partial charge in [-0.25, -0.2) is 8.42 Å². The molecule has 25 heavy (non-hydrogen) atoms. The third-order valence-electron chi connectivity index (χ3n) is 4.03. The number of sulfonamides is 1. The lowest BCUT2D eigenvalue weighted by Gasteiger charge is -2.20. The summed E-state index contributed by atoms with van der Waals surface area (Å²) in [6, 6.07) is 15.9. The molecule has 6 heteroatoms. The van der Waals surface area contributed by atoms with Gasteiger partial charge < -0.3 is 4.90 Å². The number of hydrogen-bond donors (Lipinski definition) is 0. The van der Waals surface area contributed by atoms with Crippen LogP contribution in [0, 0.1) is 0 Å². The molecule has 0 aliphatic carbocycles. The third kappa shape index (κ3) is 4.46. The molecule has 2 aromatic rings. The number of amides is 1. The standard InChI is InChI=1S/C19H24N2O3S/c1-4-21(5-2)25(23,24)18-13-9-12-17(14-18)19(22)20(3)15-16-10-7-6-8-11-16/h6-14H,4-5,15H2,1-3H3. The Labute approximate surface area is 149 Å². The van der Waals surface area contributed by atoms with Gasteiger partial charge >= 0.3 is 0 Å². The van der Waals surface area contributed by atoms with Crippen LogP contribution in [-0.4, -0.2) is 43.7 Å². The Morgan fingerprint density at radius 1 is 0.960 bits per heavy atom. The highest BCUT2D eigenvalue weighted by Gasteiger charge is 2.23. The molecule has 2 rings (SSSR count). The van der Waals surface area contributed by atoms with E-state index in [-0.39, 0.29) is 10.8 Å². The van der Waals surface area contributed by atoms with Gasteiger partial charge in [0.15, 0.2) is 0 Å². The van der Waals surface area contributed by atoms with E-state index < -0.39 is 10.0 Å². The zero-order valence-electron chi connectivity index (χ0n) is 14.8. The Kier molecular flexibility index (Phi) is 6.33. The summed E-state index contributed by atoms with van der Waals surface area (Å²) in [6.45, 7) is 4.84. The van der Waals surface area contributed by atoms with Crippen LogP contribution in [0.1, 0.15) is 29.8 Å². The number of carbonyl (C=O) groups excluding carboxylic acids is 1. The molecule has 0 heterocycles. The average Bonchev–Trinajstić information content (AvgIpc) is 2.62. The van der Waals surface area contributed by atoms with Gasteiger partial charge in [0.25, 0.3) is 5.91 Å². The summed E-state index contributed by atoms with van der Waals surface area (Å²) in [5.74, 6) is -0.208. The van der Waals surface area contributed by atoms with Gasteiger partial charge in [0.05, 0.1) is 4.90 Å². The Morgan fingerprint density at radius 3 is 2.20 bits per heavy atom. The maximum atomic E-state index is 12.7. The van der Waals surface area contributed by atoms with E-state index in [1.54, 1.807) is 37.9 Å². The molecule has 0 spiro atoms. The molecule has 0 bridgehead atoms. The van der Waals surface area contributed by atoms with E-state index in [9.17, 15) is 13.2 Å². The highest BCUT2D eigenvalue weighted by molar-refractivity contribution is 7.89. The summed E-state index contributed by atoms with van der Waals surface area (Å²) in [5.41, 5.74) is 1.39. The predicted octanol–water partition coefficient (Wildman–Crippen LogP) is 2.99. The van der Waals surface area contributed by atoms with E-state index in [2.05, 4.69) is 0 Å². The highest BCUT2D eigenvalue weighted by Crippen LogP contribution is 2.18. The van der Waals surface area contributed by atoms with Gasteiger partial charge in [0.1, 0.15) is 0 Å². The summed E-state index contributed by atoms with van der Waals surface area (Å²) >= 11 is 0. The summed E-state index contributed by atoms with van der Waals surface area (Å²) in [6.07, 6.45) is 0. The summed E-state index contributed by atoms with van der Waals surface area (Å²) in [7, 11) is -1.87. The smallest absolute Gasteiger partial charge is 0.253 e. The van der Waals surface area contributed by atoms with Crippen molar-refractivity contribution in [2.24, 2.45) is 0 Å². The van der Waals surface area contributed by atoms with E-state index in [4.69, 9.17) is 0 Å². The second-order valence-electron chi connectivity index (χ2n) is 5.76. The first kappa shape index (κ1) is 19.1. The monoisotopic (exact) mass is 360 g/mol. The van der Waals surface area contributed by atoms with Crippen molar-refractivity contribution in [3.63, 3.8) is 0 Å². The second kappa shape index (κ2) is 8.27. The minimum Gasteiger partial charge on any atom is -0.337 e. The first-order valence-corrected chi connectivity index (χ1v) is 9.73. The van der Waals surface area contributed by atoms with Crippen molar-refractivity contribution in [2.75, 3.05) is 20.1 Å². The molecule has 0 aliphatic rings. The maximum Gasteiger partial charge on any atom is 0.253 e. The molecule has 0 saturated carbocycles. The molecule has 5 nitrogen and oxygen atoms in total. The van der Waals surface area contributed by atoms with Crippen LogP contribution in [-0.2, 0) is 16.6 Å². The van der Waals surface area contributed by atoms with Crippen molar-refractivity contribution in [3.8, 4) is 0 Å². The van der Waals surface area contributed by atoms with E-state index in [0.29, 0.717) is 25.2 Å². The summed E-state index contributed by atoms with van der Waals surface area (Å²) in [4.78, 5) is 14.4. The minimum absolute atomic E-state index is 0.148. The second-order valence-corrected chi connectivity index (χ2v) is 7.70. The van der Waals surface area contributed by atoms with Crippen LogP contribution in [0.3, 0.4) is 0 Å². The average molecular weight is 360 g/mol. The van der Waals surface area contributed by atoms with Gasteiger partial charge in [0.2, 0.25) is 10.0 Å². The van der Waals surface area contributed by atoms with Crippen LogP contribution in [0.2, 0.25) is 0 Å². The van der Waals surface area contributed by atoms with Crippen molar-refractivity contribution in [3.05, 3.63) is 65.7 Å². The van der Waals surface area contributed by atoms with Gasteiger partial charge in [0, 0.05) is 32.2 Å². The Hall–Kier alpha value is -2.18. The molecule has 2 aromatic carbocycles. The number of hydrogen-bond acceptors (Lipinski definition) is 3. The molecule has 0 saturated heterocycles. The van der Waals surface area contributed by atoms with Gasteiger partial charge in [-0.15, -0.1) is 0 Å². The van der Waals surface area contributed by atoms with Crippen molar-refractivity contribution in [1.82, 2.24) is 9.21 Å². The molecule has 134 valence electrons. The minimum atomic E-state index is -3.58. The highest BCUT2D eigenvalue weighted by atomic mass is 32.2. The number of benzene rings is 2. The number of carbonyl (C=O) groups is 1. The molecular weight excluding hydrogens is 336 g/mol. The lowest BCUT2D eigenvalue weighted by molar-refractivity contribution is 0.0785. The molecule has 1 amide bonds. The third-order valence-corrected chi connectivity index (χ3v) is 6.08. The molecule has 0 aliphatic heterocycles. The van der Waals surface area contributed by atoms with Gasteiger partial charge in [-0.3, -0.25) is 4.79 Å². The molecule has 0 atom stereocenters. The van der Waals surface area contributed by atoms with Crippen LogP contribution < -0.4 is 0 Å². The maximum absolute atomic E-state index is 12.7. The van der Waals surface area contributed by atoms with Crippen molar-refractivity contribution >= 4 is 15.9 Å². The Bertz CT molecular complexity index is 816. The molecule has 0 aromatic heterocycles. The fraction of sp³-hybridized carbons (Fsp3) is 0.316.